The quantitative estimate of drug-likeness (QED) is 0.677. The molecule has 10 heteroatoms. The van der Waals surface area contributed by atoms with Crippen LogP contribution in [-0.2, 0) is 19.6 Å². The Hall–Kier alpha value is -2.36. The van der Waals surface area contributed by atoms with Crippen LogP contribution in [0.2, 0.25) is 0 Å². The number of nitrogens with two attached hydrogens (primary N) is 1. The predicted molar refractivity (Wildman–Crippen MR) is 66.7 cm³/mol. The first-order valence-corrected chi connectivity index (χ1v) is 6.28. The van der Waals surface area contributed by atoms with Crippen molar-refractivity contribution in [2.75, 3.05) is 0 Å². The van der Waals surface area contributed by atoms with Gasteiger partial charge in [0.05, 0.1) is 5.69 Å². The van der Waals surface area contributed by atoms with Crippen molar-refractivity contribution in [2.24, 2.45) is 5.73 Å². The van der Waals surface area contributed by atoms with E-state index in [1.807, 2.05) is 0 Å². The van der Waals surface area contributed by atoms with E-state index in [0.717, 1.165) is 12.8 Å². The second kappa shape index (κ2) is 6.19. The molecule has 0 aliphatic rings. The van der Waals surface area contributed by atoms with Gasteiger partial charge in [-0.25, -0.2) is 14.2 Å². The zero-order valence-corrected chi connectivity index (χ0v) is 11.1. The van der Waals surface area contributed by atoms with Crippen LogP contribution in [0.15, 0.2) is 0 Å². The number of aryl methyl sites for hydroxylation is 1. The summed E-state index contributed by atoms with van der Waals surface area (Å²) in [5.41, 5.74) is 5.77. The van der Waals surface area contributed by atoms with E-state index in [4.69, 9.17) is 10.8 Å². The Morgan fingerprint density at radius 1 is 1.30 bits per heavy atom. The lowest BCUT2D eigenvalue weighted by molar-refractivity contribution is 0.0689. The lowest BCUT2D eigenvalue weighted by Gasteiger charge is -2.05. The average molecular weight is 280 g/mol. The van der Waals surface area contributed by atoms with Gasteiger partial charge in [0.15, 0.2) is 11.5 Å². The van der Waals surface area contributed by atoms with Crippen molar-refractivity contribution < 1.29 is 9.90 Å². The van der Waals surface area contributed by atoms with Crippen LogP contribution in [0.3, 0.4) is 0 Å². The molecule has 0 bridgehead atoms. The topological polar surface area (TPSA) is 138 Å². The number of carboxylic acids is 1. The molecule has 0 fully saturated rings. The van der Waals surface area contributed by atoms with Crippen LogP contribution in [0, 0.1) is 0 Å². The fraction of sp³-hybridized carbons (Fsp3) is 0.600. The van der Waals surface area contributed by atoms with E-state index in [1.54, 1.807) is 4.68 Å². The summed E-state index contributed by atoms with van der Waals surface area (Å²) in [7, 11) is 0. The van der Waals surface area contributed by atoms with Crippen molar-refractivity contribution in [2.45, 2.75) is 39.4 Å². The third-order valence-corrected chi connectivity index (χ3v) is 2.85. The molecule has 10 nitrogen and oxygen atoms in total. The number of tetrazole rings is 1. The number of unbranched alkanes of at least 4 members (excludes halogenated alkanes) is 1. The Morgan fingerprint density at radius 3 is 2.75 bits per heavy atom. The van der Waals surface area contributed by atoms with Gasteiger partial charge in [-0.3, -0.25) is 0 Å². The molecule has 2 aromatic heterocycles. The molecule has 2 aromatic rings. The molecule has 0 saturated heterocycles. The summed E-state index contributed by atoms with van der Waals surface area (Å²) in [6, 6.07) is 0. The van der Waals surface area contributed by atoms with Crippen LogP contribution in [-0.4, -0.2) is 46.3 Å². The summed E-state index contributed by atoms with van der Waals surface area (Å²) >= 11 is 0. The molecule has 0 saturated carbocycles. The second-order valence-electron chi connectivity index (χ2n) is 4.22. The van der Waals surface area contributed by atoms with Gasteiger partial charge >= 0.3 is 5.97 Å². The van der Waals surface area contributed by atoms with Crippen LogP contribution >= 0.6 is 0 Å². The molecule has 108 valence electrons. The molecule has 0 unspecified atom stereocenters. The van der Waals surface area contributed by atoms with E-state index in [-0.39, 0.29) is 18.8 Å². The van der Waals surface area contributed by atoms with Gasteiger partial charge in [-0.05, 0) is 16.8 Å². The third-order valence-electron chi connectivity index (χ3n) is 2.85. The van der Waals surface area contributed by atoms with E-state index >= 15 is 0 Å². The van der Waals surface area contributed by atoms with E-state index in [9.17, 15) is 4.79 Å². The van der Waals surface area contributed by atoms with Gasteiger partial charge in [-0.1, -0.05) is 18.6 Å². The molecular formula is C10H16N8O2. The van der Waals surface area contributed by atoms with Gasteiger partial charge < -0.3 is 10.8 Å². The highest BCUT2D eigenvalue weighted by molar-refractivity contribution is 5.86. The SMILES string of the molecule is CCCCn1nnnc1Cn1nnc(C(=O)O)c1CN. The van der Waals surface area contributed by atoms with Gasteiger partial charge in [-0.15, -0.1) is 10.2 Å². The minimum atomic E-state index is -1.15. The Kier molecular flexibility index (Phi) is 4.35. The largest absolute Gasteiger partial charge is 0.476 e. The highest BCUT2D eigenvalue weighted by atomic mass is 16.4. The summed E-state index contributed by atoms with van der Waals surface area (Å²) in [6.45, 7) is 3.05. The Balaban J connectivity index is 2.22. The normalized spacial score (nSPS) is 10.9. The zero-order valence-electron chi connectivity index (χ0n) is 11.1. The van der Waals surface area contributed by atoms with E-state index in [0.29, 0.717) is 18.1 Å². The van der Waals surface area contributed by atoms with E-state index < -0.39 is 5.97 Å². The number of aromatic nitrogens is 7. The number of nitrogens with zero attached hydrogens (tertiary/aromatic N) is 7. The Bertz CT molecular complexity index is 590. The molecule has 0 spiro atoms. The average Bonchev–Trinajstić information content (AvgIpc) is 3.03. The number of aromatic carboxylic acids is 1. The zero-order chi connectivity index (χ0) is 14.5. The summed E-state index contributed by atoms with van der Waals surface area (Å²) in [5, 5.41) is 27.8. The first-order valence-electron chi connectivity index (χ1n) is 6.28. The number of hydrogen-bond donors (Lipinski definition) is 2. The fourth-order valence-corrected chi connectivity index (χ4v) is 1.78. The molecule has 0 aliphatic heterocycles. The van der Waals surface area contributed by atoms with Crippen molar-refractivity contribution in [3.8, 4) is 0 Å². The molecule has 2 heterocycles. The number of rotatable bonds is 7. The second-order valence-corrected chi connectivity index (χ2v) is 4.22. The molecule has 0 radical (unpaired) electrons. The van der Waals surface area contributed by atoms with Crippen LogP contribution in [0.5, 0.6) is 0 Å². The maximum atomic E-state index is 11.0. The minimum Gasteiger partial charge on any atom is -0.476 e. The minimum absolute atomic E-state index is 0.0329. The maximum Gasteiger partial charge on any atom is 0.358 e. The lowest BCUT2D eigenvalue weighted by Crippen LogP contribution is -2.16. The third kappa shape index (κ3) is 2.79. The molecular weight excluding hydrogens is 264 g/mol. The highest BCUT2D eigenvalue weighted by Gasteiger charge is 2.19. The van der Waals surface area contributed by atoms with Crippen molar-refractivity contribution in [3.63, 3.8) is 0 Å². The molecule has 2 rings (SSSR count). The van der Waals surface area contributed by atoms with Gasteiger partial charge in [0.2, 0.25) is 0 Å². The molecule has 0 aliphatic carbocycles. The van der Waals surface area contributed by atoms with Crippen LogP contribution in [0.4, 0.5) is 0 Å². The van der Waals surface area contributed by atoms with Crippen molar-refractivity contribution in [3.05, 3.63) is 17.2 Å². The molecule has 0 amide bonds. The first-order chi connectivity index (χ1) is 9.67. The van der Waals surface area contributed by atoms with E-state index in [2.05, 4.69) is 32.8 Å². The number of hydrogen-bond acceptors (Lipinski definition) is 7. The Labute approximate surface area is 114 Å². The lowest BCUT2D eigenvalue weighted by atomic mass is 10.3. The number of carbonyl (C=O) groups is 1. The summed E-state index contributed by atoms with van der Waals surface area (Å²) in [6.07, 6.45) is 1.99. The Morgan fingerprint density at radius 2 is 2.10 bits per heavy atom. The van der Waals surface area contributed by atoms with Crippen molar-refractivity contribution >= 4 is 5.97 Å². The molecule has 0 atom stereocenters. The summed E-state index contributed by atoms with van der Waals surface area (Å²) in [5.74, 6) is -0.558. The predicted octanol–water partition coefficient (Wildman–Crippen LogP) is -0.730. The van der Waals surface area contributed by atoms with Crippen molar-refractivity contribution in [1.82, 2.24) is 35.2 Å². The molecule has 3 N–H and O–H groups in total. The smallest absolute Gasteiger partial charge is 0.358 e. The van der Waals surface area contributed by atoms with Gasteiger partial charge in [0.25, 0.3) is 0 Å². The van der Waals surface area contributed by atoms with Crippen LogP contribution in [0.25, 0.3) is 0 Å². The van der Waals surface area contributed by atoms with Gasteiger partial charge in [0.1, 0.15) is 6.54 Å². The summed E-state index contributed by atoms with van der Waals surface area (Å²) < 4.78 is 3.09. The molecule has 0 aromatic carbocycles. The van der Waals surface area contributed by atoms with Gasteiger partial charge in [0, 0.05) is 13.1 Å². The number of carboxylic acid groups (broad SMARTS) is 1. The monoisotopic (exact) mass is 280 g/mol. The first kappa shape index (κ1) is 14.1. The molecule has 20 heavy (non-hydrogen) atoms. The standard InChI is InChI=1S/C10H16N8O2/c1-2-3-4-17-8(12-14-16-17)6-18-7(5-11)9(10(19)20)13-15-18/h2-6,11H2,1H3,(H,19,20). The summed E-state index contributed by atoms with van der Waals surface area (Å²) in [4.78, 5) is 11.0. The fourth-order valence-electron chi connectivity index (χ4n) is 1.78. The van der Waals surface area contributed by atoms with Crippen LogP contribution < -0.4 is 5.73 Å². The highest BCUT2D eigenvalue weighted by Crippen LogP contribution is 2.07. The van der Waals surface area contributed by atoms with Gasteiger partial charge in [-0.2, -0.15) is 0 Å². The van der Waals surface area contributed by atoms with Crippen LogP contribution in [0.1, 0.15) is 41.8 Å². The maximum absolute atomic E-state index is 11.0. The van der Waals surface area contributed by atoms with E-state index in [1.165, 1.54) is 4.68 Å². The van der Waals surface area contributed by atoms with Crippen molar-refractivity contribution in [1.29, 1.82) is 0 Å².